The third-order valence-corrected chi connectivity index (χ3v) is 0.311. The molecule has 0 N–H and O–H groups in total. The Morgan fingerprint density at radius 3 is 2.00 bits per heavy atom. The molecule has 26 valence electrons. The molecule has 0 aromatic carbocycles. The maximum absolute atomic E-state index is 7.46. The first-order valence-electron chi connectivity index (χ1n) is 0.582. The van der Waals surface area contributed by atoms with Crippen LogP contribution in [0.1, 0.15) is 0 Å². The summed E-state index contributed by atoms with van der Waals surface area (Å²) in [7, 11) is 5.38. The maximum Gasteiger partial charge on any atom is 0.150 e. The Kier molecular flexibility index (Phi) is 16.4. The van der Waals surface area contributed by atoms with E-state index < -0.39 is 0 Å². The molecule has 0 rings (SSSR count). The van der Waals surface area contributed by atoms with Gasteiger partial charge in [0.05, 0.1) is 11.0 Å². The second-order valence-corrected chi connectivity index (χ2v) is 0.968. The zero-order chi connectivity index (χ0) is 3.41. The Balaban J connectivity index is 0. The van der Waals surface area contributed by atoms with Crippen LogP contribution in [0.2, 0.25) is 0 Å². The van der Waals surface area contributed by atoms with Crippen LogP contribution in [0.3, 0.4) is 0 Å². The van der Waals surface area contributed by atoms with Crippen molar-refractivity contribution in [1.29, 1.82) is 5.26 Å². The second-order valence-electron chi connectivity index (χ2n) is 0.168. The van der Waals surface area contributed by atoms with Gasteiger partial charge in [-0.2, -0.15) is 5.26 Å². The molecule has 0 saturated carbocycles. The van der Waals surface area contributed by atoms with Crippen molar-refractivity contribution in [1.82, 2.24) is 0 Å². The fourth-order valence-electron chi connectivity index (χ4n) is 0. The van der Waals surface area contributed by atoms with Crippen molar-refractivity contribution in [3.63, 3.8) is 0 Å². The second kappa shape index (κ2) is 8.85. The Morgan fingerprint density at radius 1 is 1.80 bits per heavy atom. The van der Waals surface area contributed by atoms with E-state index in [1.165, 1.54) is 0 Å². The minimum Gasteiger partial charge on any atom is -0.184 e. The van der Waals surface area contributed by atoms with E-state index in [1.54, 1.807) is 5.40 Å². The number of hydrogen-bond acceptors (Lipinski definition) is 2. The number of nitrogens with zero attached hydrogens (tertiary/aromatic N) is 1. The first kappa shape index (κ1) is 9.28. The number of nitriles is 1. The van der Waals surface area contributed by atoms with E-state index in [0.29, 0.717) is 11.0 Å². The molecular formula is CClNSTi. The summed E-state index contributed by atoms with van der Waals surface area (Å²) >= 11 is 0. The minimum atomic E-state index is 0. The molecule has 0 aromatic heterocycles. The van der Waals surface area contributed by atoms with Gasteiger partial charge in [0.25, 0.3) is 0 Å². The monoisotopic (exact) mass is 141 g/mol. The Labute approximate surface area is 54.1 Å². The molecule has 0 aliphatic heterocycles. The van der Waals surface area contributed by atoms with Crippen LogP contribution < -0.4 is 0 Å². The first-order valence-corrected chi connectivity index (χ1v) is 2.22. The molecule has 0 aromatic rings. The molecule has 0 spiro atoms. The predicted molar refractivity (Wildman–Crippen MR) is 19.1 cm³/mol. The van der Waals surface area contributed by atoms with Gasteiger partial charge in [0.15, 0.2) is 0 Å². The zero-order valence-corrected chi connectivity index (χ0v) is 5.37. The molecular weight excluding hydrogens is 141 g/mol. The summed E-state index contributed by atoms with van der Waals surface area (Å²) in [6.07, 6.45) is 0. The minimum absolute atomic E-state index is 0. The van der Waals surface area contributed by atoms with Gasteiger partial charge in [0.2, 0.25) is 0 Å². The van der Waals surface area contributed by atoms with E-state index in [0.717, 1.165) is 0 Å². The van der Waals surface area contributed by atoms with Gasteiger partial charge < -0.3 is 0 Å². The SMILES string of the molecule is N#CSCl.[Ti]. The Hall–Kier alpha value is 0.844. The summed E-state index contributed by atoms with van der Waals surface area (Å²) in [4.78, 5) is 0. The van der Waals surface area contributed by atoms with E-state index in [1.807, 2.05) is 0 Å². The fourth-order valence-corrected chi connectivity index (χ4v) is 0. The van der Waals surface area contributed by atoms with Crippen molar-refractivity contribution >= 4 is 21.7 Å². The molecule has 5 heavy (non-hydrogen) atoms. The van der Waals surface area contributed by atoms with Crippen molar-refractivity contribution in [3.05, 3.63) is 0 Å². The molecule has 0 heterocycles. The Morgan fingerprint density at radius 2 is 2.00 bits per heavy atom. The van der Waals surface area contributed by atoms with Gasteiger partial charge >= 0.3 is 0 Å². The van der Waals surface area contributed by atoms with Crippen LogP contribution in [0.5, 0.6) is 0 Å². The normalized spacial score (nSPS) is 4.00. The van der Waals surface area contributed by atoms with Crippen LogP contribution in [-0.4, -0.2) is 0 Å². The molecule has 0 aliphatic carbocycles. The quantitative estimate of drug-likeness (QED) is 0.376. The first-order chi connectivity index (χ1) is 1.91. The van der Waals surface area contributed by atoms with Crippen LogP contribution in [-0.2, 0) is 21.7 Å². The number of hydrogen-bond donors (Lipinski definition) is 0. The van der Waals surface area contributed by atoms with Crippen LogP contribution in [0.25, 0.3) is 0 Å². The molecule has 1 nitrogen and oxygen atoms in total. The van der Waals surface area contributed by atoms with E-state index in [4.69, 9.17) is 15.9 Å². The van der Waals surface area contributed by atoms with Crippen molar-refractivity contribution in [3.8, 4) is 5.40 Å². The molecule has 0 fully saturated rings. The number of rotatable bonds is 0. The zero-order valence-electron chi connectivity index (χ0n) is 2.23. The third kappa shape index (κ3) is 11.5. The van der Waals surface area contributed by atoms with E-state index in [9.17, 15) is 0 Å². The number of halogens is 1. The molecule has 0 aliphatic rings. The summed E-state index contributed by atoms with van der Waals surface area (Å²) in [6, 6.07) is 0. The van der Waals surface area contributed by atoms with Crippen LogP contribution in [0.4, 0.5) is 0 Å². The van der Waals surface area contributed by atoms with Gasteiger partial charge in [-0.25, -0.2) is 0 Å². The summed E-state index contributed by atoms with van der Waals surface area (Å²) < 4.78 is 0. The van der Waals surface area contributed by atoms with E-state index in [-0.39, 0.29) is 21.7 Å². The molecule has 0 saturated heterocycles. The number of thiocyanates is 1. The molecule has 4 heteroatoms. The van der Waals surface area contributed by atoms with Gasteiger partial charge in [0, 0.05) is 21.7 Å². The van der Waals surface area contributed by atoms with Crippen LogP contribution >= 0.6 is 21.7 Å². The smallest absolute Gasteiger partial charge is 0.150 e. The Bertz CT molecular complexity index is 41.4. The summed E-state index contributed by atoms with van der Waals surface area (Å²) in [5.74, 6) is 0. The fraction of sp³-hybridized carbons (Fsp3) is 0. The van der Waals surface area contributed by atoms with Gasteiger partial charge in [-0.1, -0.05) is 0 Å². The maximum atomic E-state index is 7.46. The average Bonchev–Trinajstić information content (AvgIpc) is 1.37. The summed E-state index contributed by atoms with van der Waals surface area (Å²) in [5.41, 5.74) is 0. The molecule has 0 bridgehead atoms. The van der Waals surface area contributed by atoms with Gasteiger partial charge in [-0.05, 0) is 10.7 Å². The summed E-state index contributed by atoms with van der Waals surface area (Å²) in [6.45, 7) is 0. The van der Waals surface area contributed by atoms with Crippen LogP contribution in [0, 0.1) is 10.7 Å². The van der Waals surface area contributed by atoms with E-state index >= 15 is 0 Å². The van der Waals surface area contributed by atoms with Crippen molar-refractivity contribution in [2.24, 2.45) is 0 Å². The molecule has 0 amide bonds. The predicted octanol–water partition coefficient (Wildman–Crippen LogP) is 1.35. The average molecular weight is 141 g/mol. The van der Waals surface area contributed by atoms with Crippen molar-refractivity contribution in [2.75, 3.05) is 0 Å². The van der Waals surface area contributed by atoms with Gasteiger partial charge in [-0.3, -0.25) is 0 Å². The molecule has 0 atom stereocenters. The van der Waals surface area contributed by atoms with Crippen LogP contribution in [0.15, 0.2) is 0 Å². The standard InChI is InChI=1S/CClNS.Ti/c2-4-1-3;. The molecule has 0 unspecified atom stereocenters. The third-order valence-electron chi connectivity index (χ3n) is 0.0345. The topological polar surface area (TPSA) is 23.8 Å². The van der Waals surface area contributed by atoms with E-state index in [2.05, 4.69) is 0 Å². The van der Waals surface area contributed by atoms with Gasteiger partial charge in [0.1, 0.15) is 5.40 Å². The largest absolute Gasteiger partial charge is 0.184 e. The van der Waals surface area contributed by atoms with Gasteiger partial charge in [-0.15, -0.1) is 0 Å². The van der Waals surface area contributed by atoms with Crippen molar-refractivity contribution < 1.29 is 21.7 Å². The molecule has 0 radical (unpaired) electrons. The summed E-state index contributed by atoms with van der Waals surface area (Å²) in [5, 5.41) is 9.07. The van der Waals surface area contributed by atoms with Crippen molar-refractivity contribution in [2.45, 2.75) is 0 Å².